The molecule has 108 valence electrons. The molecule has 0 radical (unpaired) electrons. The van der Waals surface area contributed by atoms with Gasteiger partial charge in [0.1, 0.15) is 0 Å². The van der Waals surface area contributed by atoms with Gasteiger partial charge in [-0.15, -0.1) is 0 Å². The first-order chi connectivity index (χ1) is 10.9. The summed E-state index contributed by atoms with van der Waals surface area (Å²) < 4.78 is 0. The molecule has 0 aromatic heterocycles. The van der Waals surface area contributed by atoms with Crippen molar-refractivity contribution < 1.29 is 0 Å². The summed E-state index contributed by atoms with van der Waals surface area (Å²) in [5, 5.41) is 0. The van der Waals surface area contributed by atoms with Crippen LogP contribution in [-0.2, 0) is 12.8 Å². The number of hydrogen-bond acceptors (Lipinski definition) is 0. The molecule has 0 spiro atoms. The Balaban J connectivity index is 1.57. The third-order valence-corrected chi connectivity index (χ3v) is 3.78. The molecule has 0 aliphatic carbocycles. The Hall–Kier alpha value is -2.60. The van der Waals surface area contributed by atoms with Crippen LogP contribution in [0.1, 0.15) is 11.1 Å². The van der Waals surface area contributed by atoms with Crippen molar-refractivity contribution in [2.24, 2.45) is 0 Å². The second kappa shape index (κ2) is 7.42. The summed E-state index contributed by atoms with van der Waals surface area (Å²) in [6.07, 6.45) is 6.50. The summed E-state index contributed by atoms with van der Waals surface area (Å²) in [4.78, 5) is 0. The van der Waals surface area contributed by atoms with Gasteiger partial charge in [-0.25, -0.2) is 0 Å². The second-order valence-electron chi connectivity index (χ2n) is 5.43. The first-order valence-electron chi connectivity index (χ1n) is 7.75. The van der Waals surface area contributed by atoms with Gasteiger partial charge in [0.25, 0.3) is 0 Å². The number of allylic oxidation sites excluding steroid dienone is 2. The monoisotopic (exact) mass is 284 g/mol. The first-order valence-corrected chi connectivity index (χ1v) is 7.75. The van der Waals surface area contributed by atoms with E-state index in [1.54, 1.807) is 0 Å². The number of rotatable bonds is 5. The Labute approximate surface area is 132 Å². The van der Waals surface area contributed by atoms with Crippen molar-refractivity contribution in [2.75, 3.05) is 0 Å². The molecule has 0 atom stereocenters. The van der Waals surface area contributed by atoms with E-state index in [4.69, 9.17) is 0 Å². The van der Waals surface area contributed by atoms with E-state index in [0.29, 0.717) is 0 Å². The standard InChI is InChI=1S/C22H20/c1-3-9-19(10-4-1)11-7-8-12-20-15-17-22(18-16-20)21-13-5-2-6-14-21/h1-10,13-18H,11-12H2. The quantitative estimate of drug-likeness (QED) is 0.528. The lowest BCUT2D eigenvalue weighted by atomic mass is 10.0. The van der Waals surface area contributed by atoms with E-state index in [1.165, 1.54) is 22.3 Å². The lowest BCUT2D eigenvalue weighted by molar-refractivity contribution is 1.21. The predicted octanol–water partition coefficient (Wildman–Crippen LogP) is 5.70. The average molecular weight is 284 g/mol. The van der Waals surface area contributed by atoms with Crippen molar-refractivity contribution in [3.63, 3.8) is 0 Å². The minimum atomic E-state index is 0.988. The molecule has 22 heavy (non-hydrogen) atoms. The fraction of sp³-hybridized carbons (Fsp3) is 0.0909. The maximum absolute atomic E-state index is 2.25. The van der Waals surface area contributed by atoms with Gasteiger partial charge in [0, 0.05) is 0 Å². The maximum atomic E-state index is 2.25. The zero-order chi connectivity index (χ0) is 15.0. The third kappa shape index (κ3) is 3.95. The van der Waals surface area contributed by atoms with Crippen molar-refractivity contribution in [2.45, 2.75) is 12.8 Å². The van der Waals surface area contributed by atoms with Crippen LogP contribution < -0.4 is 0 Å². The highest BCUT2D eigenvalue weighted by molar-refractivity contribution is 5.63. The van der Waals surface area contributed by atoms with Crippen LogP contribution in [-0.4, -0.2) is 0 Å². The summed E-state index contributed by atoms with van der Waals surface area (Å²) >= 11 is 0. The van der Waals surface area contributed by atoms with E-state index in [-0.39, 0.29) is 0 Å². The normalized spacial score (nSPS) is 10.9. The van der Waals surface area contributed by atoms with Gasteiger partial charge in [-0.05, 0) is 35.1 Å². The summed E-state index contributed by atoms with van der Waals surface area (Å²) in [6.45, 7) is 0. The molecule has 3 aromatic rings. The van der Waals surface area contributed by atoms with Gasteiger partial charge < -0.3 is 0 Å². The fourth-order valence-corrected chi connectivity index (χ4v) is 2.52. The largest absolute Gasteiger partial charge is 0.0838 e. The molecule has 3 aromatic carbocycles. The van der Waals surface area contributed by atoms with Crippen molar-refractivity contribution in [1.82, 2.24) is 0 Å². The Kier molecular flexibility index (Phi) is 4.84. The predicted molar refractivity (Wildman–Crippen MR) is 94.9 cm³/mol. The topological polar surface area (TPSA) is 0 Å². The summed E-state index contributed by atoms with van der Waals surface area (Å²) in [6, 6.07) is 29.9. The highest BCUT2D eigenvalue weighted by atomic mass is 14.0. The van der Waals surface area contributed by atoms with E-state index in [9.17, 15) is 0 Å². The molecule has 0 heteroatoms. The van der Waals surface area contributed by atoms with E-state index < -0.39 is 0 Å². The van der Waals surface area contributed by atoms with E-state index in [0.717, 1.165) is 12.8 Å². The van der Waals surface area contributed by atoms with Gasteiger partial charge in [0.15, 0.2) is 0 Å². The minimum Gasteiger partial charge on any atom is -0.0838 e. The molecule has 0 saturated heterocycles. The molecule has 0 N–H and O–H groups in total. The first kappa shape index (κ1) is 14.3. The van der Waals surface area contributed by atoms with Crippen molar-refractivity contribution in [1.29, 1.82) is 0 Å². The van der Waals surface area contributed by atoms with Crippen LogP contribution in [0.2, 0.25) is 0 Å². The SMILES string of the molecule is C(=CCc1ccc(-c2ccccc2)cc1)Cc1ccccc1. The molecule has 0 unspecified atom stereocenters. The van der Waals surface area contributed by atoms with Crippen molar-refractivity contribution in [3.05, 3.63) is 108 Å². The molecule has 0 aliphatic heterocycles. The molecule has 0 heterocycles. The average Bonchev–Trinajstić information content (AvgIpc) is 2.61. The van der Waals surface area contributed by atoms with Crippen LogP contribution in [0.25, 0.3) is 11.1 Å². The number of benzene rings is 3. The van der Waals surface area contributed by atoms with Crippen LogP contribution in [0.4, 0.5) is 0 Å². The van der Waals surface area contributed by atoms with Gasteiger partial charge in [-0.3, -0.25) is 0 Å². The van der Waals surface area contributed by atoms with E-state index in [2.05, 4.69) is 97.1 Å². The van der Waals surface area contributed by atoms with E-state index >= 15 is 0 Å². The molecule has 3 rings (SSSR count). The maximum Gasteiger partial charge on any atom is -0.00973 e. The number of hydrogen-bond donors (Lipinski definition) is 0. The third-order valence-electron chi connectivity index (χ3n) is 3.78. The Bertz CT molecular complexity index is 707. The van der Waals surface area contributed by atoms with Crippen LogP contribution >= 0.6 is 0 Å². The highest BCUT2D eigenvalue weighted by Gasteiger charge is 1.96. The van der Waals surface area contributed by atoms with Gasteiger partial charge in [-0.1, -0.05) is 97.1 Å². The molecule has 0 amide bonds. The Morgan fingerprint density at radius 3 is 1.50 bits per heavy atom. The summed E-state index contributed by atoms with van der Waals surface area (Å²) in [7, 11) is 0. The summed E-state index contributed by atoms with van der Waals surface area (Å²) in [5.74, 6) is 0. The Morgan fingerprint density at radius 2 is 0.909 bits per heavy atom. The van der Waals surface area contributed by atoms with Crippen LogP contribution in [0.3, 0.4) is 0 Å². The summed E-state index contributed by atoms with van der Waals surface area (Å²) in [5.41, 5.74) is 5.26. The van der Waals surface area contributed by atoms with Crippen molar-refractivity contribution >= 4 is 0 Å². The van der Waals surface area contributed by atoms with Crippen LogP contribution in [0.5, 0.6) is 0 Å². The van der Waals surface area contributed by atoms with Crippen LogP contribution in [0.15, 0.2) is 97.1 Å². The molecular formula is C22H20. The lowest BCUT2D eigenvalue weighted by Crippen LogP contribution is -1.83. The minimum absolute atomic E-state index is 0.988. The Morgan fingerprint density at radius 1 is 0.455 bits per heavy atom. The fourth-order valence-electron chi connectivity index (χ4n) is 2.52. The molecule has 0 bridgehead atoms. The zero-order valence-corrected chi connectivity index (χ0v) is 12.7. The second-order valence-corrected chi connectivity index (χ2v) is 5.43. The molecule has 0 fully saturated rings. The van der Waals surface area contributed by atoms with Crippen molar-refractivity contribution in [3.8, 4) is 11.1 Å². The van der Waals surface area contributed by atoms with Gasteiger partial charge in [0.05, 0.1) is 0 Å². The molecule has 0 nitrogen and oxygen atoms in total. The van der Waals surface area contributed by atoms with Gasteiger partial charge >= 0.3 is 0 Å². The highest BCUT2D eigenvalue weighted by Crippen LogP contribution is 2.19. The molecular weight excluding hydrogens is 264 g/mol. The van der Waals surface area contributed by atoms with Gasteiger partial charge in [0.2, 0.25) is 0 Å². The van der Waals surface area contributed by atoms with Gasteiger partial charge in [-0.2, -0.15) is 0 Å². The molecule has 0 aliphatic rings. The van der Waals surface area contributed by atoms with Crippen LogP contribution in [0, 0.1) is 0 Å². The lowest BCUT2D eigenvalue weighted by Gasteiger charge is -2.03. The van der Waals surface area contributed by atoms with E-state index in [1.807, 2.05) is 0 Å². The zero-order valence-electron chi connectivity index (χ0n) is 12.7. The molecule has 0 saturated carbocycles. The smallest absolute Gasteiger partial charge is 0.00973 e.